The summed E-state index contributed by atoms with van der Waals surface area (Å²) in [7, 11) is 0. The van der Waals surface area contributed by atoms with Crippen molar-refractivity contribution in [2.45, 2.75) is 26.7 Å². The first-order chi connectivity index (χ1) is 8.22. The molecular formula is C14H17NO2. The molecule has 0 aliphatic carbocycles. The van der Waals surface area contributed by atoms with Crippen LogP contribution in [0.3, 0.4) is 0 Å². The molecule has 0 saturated carbocycles. The van der Waals surface area contributed by atoms with Crippen molar-refractivity contribution < 1.29 is 9.63 Å². The predicted molar refractivity (Wildman–Crippen MR) is 66.8 cm³/mol. The Morgan fingerprint density at radius 3 is 2.88 bits per heavy atom. The SMILES string of the molecule is Cc1cccc(-c2cc(CCCO)on2)c1C. The van der Waals surface area contributed by atoms with Gasteiger partial charge in [0.1, 0.15) is 11.5 Å². The molecule has 0 radical (unpaired) electrons. The van der Waals surface area contributed by atoms with Crippen LogP contribution in [0, 0.1) is 13.8 Å². The van der Waals surface area contributed by atoms with E-state index < -0.39 is 0 Å². The zero-order valence-corrected chi connectivity index (χ0v) is 10.2. The lowest BCUT2D eigenvalue weighted by atomic mass is 10.0. The van der Waals surface area contributed by atoms with Crippen molar-refractivity contribution in [3.05, 3.63) is 41.2 Å². The molecule has 1 N–H and O–H groups in total. The summed E-state index contributed by atoms with van der Waals surface area (Å²) in [5.74, 6) is 0.829. The summed E-state index contributed by atoms with van der Waals surface area (Å²) < 4.78 is 5.25. The fourth-order valence-corrected chi connectivity index (χ4v) is 1.84. The first-order valence-corrected chi connectivity index (χ1v) is 5.85. The van der Waals surface area contributed by atoms with Gasteiger partial charge in [-0.1, -0.05) is 23.4 Å². The molecule has 2 aromatic rings. The summed E-state index contributed by atoms with van der Waals surface area (Å²) in [4.78, 5) is 0. The van der Waals surface area contributed by atoms with Gasteiger partial charge in [0.25, 0.3) is 0 Å². The molecule has 1 aromatic carbocycles. The largest absolute Gasteiger partial charge is 0.396 e. The van der Waals surface area contributed by atoms with Gasteiger partial charge in [0.15, 0.2) is 0 Å². The normalized spacial score (nSPS) is 10.8. The lowest BCUT2D eigenvalue weighted by molar-refractivity contribution is 0.280. The first kappa shape index (κ1) is 11.9. The molecule has 90 valence electrons. The van der Waals surface area contributed by atoms with E-state index in [0.29, 0.717) is 6.42 Å². The number of aromatic nitrogens is 1. The molecule has 3 heteroatoms. The van der Waals surface area contributed by atoms with Crippen LogP contribution in [0.4, 0.5) is 0 Å². The third kappa shape index (κ3) is 2.56. The van der Waals surface area contributed by atoms with Crippen molar-refractivity contribution in [1.29, 1.82) is 0 Å². The minimum Gasteiger partial charge on any atom is -0.396 e. The van der Waals surface area contributed by atoms with Crippen molar-refractivity contribution in [1.82, 2.24) is 5.16 Å². The maximum atomic E-state index is 8.77. The minimum absolute atomic E-state index is 0.180. The van der Waals surface area contributed by atoms with E-state index in [2.05, 4.69) is 31.1 Å². The second-order valence-electron chi connectivity index (χ2n) is 4.25. The molecular weight excluding hydrogens is 214 g/mol. The van der Waals surface area contributed by atoms with E-state index in [9.17, 15) is 0 Å². The summed E-state index contributed by atoms with van der Waals surface area (Å²) in [5, 5.41) is 12.9. The molecule has 0 unspecified atom stereocenters. The highest BCUT2D eigenvalue weighted by atomic mass is 16.5. The Kier molecular flexibility index (Phi) is 3.59. The van der Waals surface area contributed by atoms with Crippen LogP contribution in [-0.2, 0) is 6.42 Å². The van der Waals surface area contributed by atoms with E-state index in [0.717, 1.165) is 23.4 Å². The zero-order chi connectivity index (χ0) is 12.3. The van der Waals surface area contributed by atoms with E-state index in [1.54, 1.807) is 0 Å². The fraction of sp³-hybridized carbons (Fsp3) is 0.357. The quantitative estimate of drug-likeness (QED) is 0.880. The van der Waals surface area contributed by atoms with Gasteiger partial charge in [0.05, 0.1) is 0 Å². The molecule has 2 rings (SSSR count). The Morgan fingerprint density at radius 2 is 2.12 bits per heavy atom. The van der Waals surface area contributed by atoms with Crippen LogP contribution >= 0.6 is 0 Å². The molecule has 0 spiro atoms. The van der Waals surface area contributed by atoms with Crippen LogP contribution < -0.4 is 0 Å². The highest BCUT2D eigenvalue weighted by Crippen LogP contribution is 2.25. The molecule has 0 saturated heterocycles. The van der Waals surface area contributed by atoms with E-state index in [1.165, 1.54) is 11.1 Å². The average Bonchev–Trinajstić information content (AvgIpc) is 2.78. The summed E-state index contributed by atoms with van der Waals surface area (Å²) in [6.07, 6.45) is 1.44. The molecule has 0 fully saturated rings. The van der Waals surface area contributed by atoms with Crippen LogP contribution in [0.15, 0.2) is 28.8 Å². The molecule has 1 aromatic heterocycles. The zero-order valence-electron chi connectivity index (χ0n) is 10.2. The van der Waals surface area contributed by atoms with Crippen molar-refractivity contribution in [3.63, 3.8) is 0 Å². The number of rotatable bonds is 4. The van der Waals surface area contributed by atoms with E-state index in [-0.39, 0.29) is 6.61 Å². The Hall–Kier alpha value is -1.61. The number of benzene rings is 1. The summed E-state index contributed by atoms with van der Waals surface area (Å²) in [6.45, 7) is 4.36. The first-order valence-electron chi connectivity index (χ1n) is 5.85. The van der Waals surface area contributed by atoms with Gasteiger partial charge in [-0.3, -0.25) is 0 Å². The smallest absolute Gasteiger partial charge is 0.137 e. The van der Waals surface area contributed by atoms with Gasteiger partial charge in [0, 0.05) is 24.7 Å². The van der Waals surface area contributed by atoms with E-state index in [1.807, 2.05) is 12.1 Å². The molecule has 0 amide bonds. The number of aliphatic hydroxyl groups is 1. The number of aliphatic hydroxyl groups excluding tert-OH is 1. The lowest BCUT2D eigenvalue weighted by Crippen LogP contribution is -1.87. The molecule has 0 aliphatic rings. The molecule has 3 nitrogen and oxygen atoms in total. The Labute approximate surface area is 101 Å². The van der Waals surface area contributed by atoms with Gasteiger partial charge < -0.3 is 9.63 Å². The van der Waals surface area contributed by atoms with Gasteiger partial charge in [-0.15, -0.1) is 0 Å². The van der Waals surface area contributed by atoms with Crippen LogP contribution in [0.2, 0.25) is 0 Å². The van der Waals surface area contributed by atoms with Gasteiger partial charge in [0.2, 0.25) is 0 Å². The Bertz CT molecular complexity index is 503. The van der Waals surface area contributed by atoms with Crippen LogP contribution in [0.1, 0.15) is 23.3 Å². The van der Waals surface area contributed by atoms with Gasteiger partial charge >= 0.3 is 0 Å². The summed E-state index contributed by atoms with van der Waals surface area (Å²) in [6, 6.07) is 8.12. The van der Waals surface area contributed by atoms with Crippen molar-refractivity contribution >= 4 is 0 Å². The Balaban J connectivity index is 2.27. The predicted octanol–water partition coefficient (Wildman–Crippen LogP) is 2.88. The number of nitrogens with zero attached hydrogens (tertiary/aromatic N) is 1. The van der Waals surface area contributed by atoms with Crippen molar-refractivity contribution in [2.75, 3.05) is 6.61 Å². The minimum atomic E-state index is 0.180. The van der Waals surface area contributed by atoms with Crippen LogP contribution in [-0.4, -0.2) is 16.9 Å². The second kappa shape index (κ2) is 5.15. The van der Waals surface area contributed by atoms with Crippen LogP contribution in [0.5, 0.6) is 0 Å². The summed E-state index contributed by atoms with van der Waals surface area (Å²) in [5.41, 5.74) is 4.47. The highest BCUT2D eigenvalue weighted by molar-refractivity contribution is 5.64. The molecule has 17 heavy (non-hydrogen) atoms. The second-order valence-corrected chi connectivity index (χ2v) is 4.25. The maximum absolute atomic E-state index is 8.77. The van der Waals surface area contributed by atoms with Crippen LogP contribution in [0.25, 0.3) is 11.3 Å². The number of aryl methyl sites for hydroxylation is 2. The fourth-order valence-electron chi connectivity index (χ4n) is 1.84. The molecule has 0 bridgehead atoms. The topological polar surface area (TPSA) is 46.3 Å². The average molecular weight is 231 g/mol. The number of hydrogen-bond donors (Lipinski definition) is 1. The van der Waals surface area contributed by atoms with Crippen molar-refractivity contribution in [2.24, 2.45) is 0 Å². The monoisotopic (exact) mass is 231 g/mol. The Morgan fingerprint density at radius 1 is 1.29 bits per heavy atom. The standard InChI is InChI=1S/C14H17NO2/c1-10-5-3-7-13(11(10)2)14-9-12(17-15-14)6-4-8-16/h3,5,7,9,16H,4,6,8H2,1-2H3. The lowest BCUT2D eigenvalue weighted by Gasteiger charge is -2.04. The highest BCUT2D eigenvalue weighted by Gasteiger charge is 2.09. The molecule has 1 heterocycles. The number of hydrogen-bond acceptors (Lipinski definition) is 3. The van der Waals surface area contributed by atoms with Gasteiger partial charge in [-0.05, 0) is 31.4 Å². The van der Waals surface area contributed by atoms with E-state index in [4.69, 9.17) is 9.63 Å². The maximum Gasteiger partial charge on any atom is 0.137 e. The summed E-state index contributed by atoms with van der Waals surface area (Å²) >= 11 is 0. The van der Waals surface area contributed by atoms with E-state index >= 15 is 0 Å². The third-order valence-electron chi connectivity index (χ3n) is 3.02. The third-order valence-corrected chi connectivity index (χ3v) is 3.02. The molecule has 0 aliphatic heterocycles. The molecule has 0 atom stereocenters. The van der Waals surface area contributed by atoms with Gasteiger partial charge in [-0.2, -0.15) is 0 Å². The van der Waals surface area contributed by atoms with Crippen molar-refractivity contribution in [3.8, 4) is 11.3 Å². The van der Waals surface area contributed by atoms with Gasteiger partial charge in [-0.25, -0.2) is 0 Å².